The Labute approximate surface area is 134 Å². The van der Waals surface area contributed by atoms with E-state index in [4.69, 9.17) is 10.5 Å². The van der Waals surface area contributed by atoms with Crippen molar-refractivity contribution in [3.05, 3.63) is 23.8 Å². The summed E-state index contributed by atoms with van der Waals surface area (Å²) < 4.78 is 34.2. The van der Waals surface area contributed by atoms with Gasteiger partial charge in [0.1, 0.15) is 0 Å². The molecule has 0 unspecified atom stereocenters. The number of hydrogen-bond donors (Lipinski definition) is 2. The fraction of sp³-hybridized carbons (Fsp3) is 0.562. The van der Waals surface area contributed by atoms with Crippen LogP contribution in [0.1, 0.15) is 24.8 Å². The zero-order valence-corrected chi connectivity index (χ0v) is 13.1. The lowest BCUT2D eigenvalue weighted by atomic mass is 9.95. The van der Waals surface area contributed by atoms with Crippen molar-refractivity contribution >= 4 is 5.91 Å². The summed E-state index contributed by atoms with van der Waals surface area (Å²) >= 11 is 0. The van der Waals surface area contributed by atoms with Gasteiger partial charge in [-0.2, -0.15) is 8.78 Å². The quantitative estimate of drug-likeness (QED) is 0.805. The van der Waals surface area contributed by atoms with Crippen LogP contribution in [0, 0.1) is 11.8 Å². The maximum Gasteiger partial charge on any atom is 0.387 e. The number of alkyl halides is 2. The molecule has 2 atom stereocenters. The highest BCUT2D eigenvalue weighted by atomic mass is 19.3. The lowest BCUT2D eigenvalue weighted by Crippen LogP contribution is -2.34. The second kappa shape index (κ2) is 8.10. The Hall–Kier alpha value is -1.89. The van der Waals surface area contributed by atoms with Gasteiger partial charge in [0.2, 0.25) is 5.91 Å². The maximum atomic E-state index is 12.4. The number of benzene rings is 1. The number of rotatable bonds is 7. The molecule has 7 heteroatoms. The van der Waals surface area contributed by atoms with Gasteiger partial charge in [0, 0.05) is 12.5 Å². The minimum absolute atomic E-state index is 0.0369. The molecule has 1 aromatic rings. The molecule has 0 aliphatic heterocycles. The summed E-state index contributed by atoms with van der Waals surface area (Å²) in [6, 6.07) is 4.68. The second-order valence-electron chi connectivity index (χ2n) is 5.61. The Bertz CT molecular complexity index is 540. The van der Waals surface area contributed by atoms with Gasteiger partial charge in [-0.05, 0) is 43.0 Å². The fourth-order valence-corrected chi connectivity index (χ4v) is 3.00. The summed E-state index contributed by atoms with van der Waals surface area (Å²) in [7, 11) is 1.38. The van der Waals surface area contributed by atoms with Crippen LogP contribution in [0.3, 0.4) is 0 Å². The number of carbonyl (C=O) groups is 1. The van der Waals surface area contributed by atoms with E-state index in [1.807, 2.05) is 0 Å². The summed E-state index contributed by atoms with van der Waals surface area (Å²) in [6.07, 6.45) is 2.83. The van der Waals surface area contributed by atoms with Gasteiger partial charge in [0.25, 0.3) is 0 Å². The van der Waals surface area contributed by atoms with Crippen molar-refractivity contribution in [2.24, 2.45) is 17.6 Å². The normalized spacial score (nSPS) is 20.6. The van der Waals surface area contributed by atoms with Crippen LogP contribution in [0.4, 0.5) is 8.78 Å². The maximum absolute atomic E-state index is 12.4. The predicted octanol–water partition coefficient (Wildman–Crippen LogP) is 2.29. The van der Waals surface area contributed by atoms with E-state index in [1.165, 1.54) is 19.2 Å². The Balaban J connectivity index is 1.98. The van der Waals surface area contributed by atoms with Gasteiger partial charge in [-0.15, -0.1) is 0 Å². The summed E-state index contributed by atoms with van der Waals surface area (Å²) in [5.74, 6) is 0.304. The van der Waals surface area contributed by atoms with Crippen molar-refractivity contribution in [2.45, 2.75) is 32.4 Å². The van der Waals surface area contributed by atoms with Crippen molar-refractivity contribution in [1.82, 2.24) is 5.32 Å². The van der Waals surface area contributed by atoms with E-state index >= 15 is 0 Å². The Morgan fingerprint density at radius 3 is 2.83 bits per heavy atom. The Morgan fingerprint density at radius 2 is 2.17 bits per heavy atom. The fourth-order valence-electron chi connectivity index (χ4n) is 3.00. The van der Waals surface area contributed by atoms with Gasteiger partial charge in [-0.1, -0.05) is 12.5 Å². The molecule has 0 saturated heterocycles. The third-order valence-corrected chi connectivity index (χ3v) is 4.21. The van der Waals surface area contributed by atoms with Crippen molar-refractivity contribution in [1.29, 1.82) is 0 Å². The van der Waals surface area contributed by atoms with Crippen LogP contribution in [-0.4, -0.2) is 26.2 Å². The van der Waals surface area contributed by atoms with E-state index in [0.29, 0.717) is 12.1 Å². The minimum atomic E-state index is -2.93. The van der Waals surface area contributed by atoms with Gasteiger partial charge in [-0.3, -0.25) is 4.79 Å². The average Bonchev–Trinajstić information content (AvgIpc) is 3.01. The monoisotopic (exact) mass is 328 g/mol. The number of nitrogens with two attached hydrogens (primary N) is 1. The molecular formula is C16H22F2N2O3. The SMILES string of the molecule is COc1ccc(CNC(=O)[C@@H]2CCC[C@@H]2CN)cc1OC(F)F. The molecule has 1 fully saturated rings. The standard InChI is InChI=1S/C16H22F2N2O3/c1-22-13-6-5-10(7-14(13)23-16(17)18)9-20-15(21)12-4-2-3-11(12)8-19/h5-7,11-12,16H,2-4,8-9,19H2,1H3,(H,20,21)/t11-,12-/m1/s1. The first-order chi connectivity index (χ1) is 11.0. The minimum Gasteiger partial charge on any atom is -0.493 e. The summed E-state index contributed by atoms with van der Waals surface area (Å²) in [6.45, 7) is -2.18. The molecule has 1 saturated carbocycles. The van der Waals surface area contributed by atoms with E-state index in [-0.39, 0.29) is 35.8 Å². The van der Waals surface area contributed by atoms with E-state index in [2.05, 4.69) is 10.1 Å². The van der Waals surface area contributed by atoms with Gasteiger partial charge in [0.15, 0.2) is 11.5 Å². The second-order valence-corrected chi connectivity index (χ2v) is 5.61. The van der Waals surface area contributed by atoms with Crippen LogP contribution >= 0.6 is 0 Å². The summed E-state index contributed by atoms with van der Waals surface area (Å²) in [5.41, 5.74) is 6.35. The van der Waals surface area contributed by atoms with Crippen LogP contribution in [0.5, 0.6) is 11.5 Å². The Kier molecular flexibility index (Phi) is 6.15. The van der Waals surface area contributed by atoms with E-state index in [0.717, 1.165) is 19.3 Å². The van der Waals surface area contributed by atoms with Gasteiger partial charge >= 0.3 is 6.61 Å². The van der Waals surface area contributed by atoms with Crippen LogP contribution in [-0.2, 0) is 11.3 Å². The van der Waals surface area contributed by atoms with Crippen LogP contribution in [0.25, 0.3) is 0 Å². The number of ether oxygens (including phenoxy) is 2. The number of carbonyl (C=O) groups excluding carboxylic acids is 1. The third-order valence-electron chi connectivity index (χ3n) is 4.21. The van der Waals surface area contributed by atoms with E-state index in [9.17, 15) is 13.6 Å². The van der Waals surface area contributed by atoms with Gasteiger partial charge in [-0.25, -0.2) is 0 Å². The molecule has 0 spiro atoms. The number of halogens is 2. The molecule has 128 valence electrons. The third kappa shape index (κ3) is 4.54. The van der Waals surface area contributed by atoms with Crippen molar-refractivity contribution < 1.29 is 23.0 Å². The number of amides is 1. The number of methoxy groups -OCH3 is 1. The molecule has 0 aromatic heterocycles. The molecule has 1 aromatic carbocycles. The number of hydrogen-bond acceptors (Lipinski definition) is 4. The molecular weight excluding hydrogens is 306 g/mol. The number of nitrogens with one attached hydrogen (secondary N) is 1. The molecule has 5 nitrogen and oxygen atoms in total. The van der Waals surface area contributed by atoms with Gasteiger partial charge < -0.3 is 20.5 Å². The Morgan fingerprint density at radius 1 is 1.39 bits per heavy atom. The molecule has 23 heavy (non-hydrogen) atoms. The van der Waals surface area contributed by atoms with Crippen LogP contribution < -0.4 is 20.5 Å². The molecule has 1 aliphatic rings. The first-order valence-corrected chi connectivity index (χ1v) is 7.64. The molecule has 0 radical (unpaired) electrons. The average molecular weight is 328 g/mol. The topological polar surface area (TPSA) is 73.6 Å². The van der Waals surface area contributed by atoms with E-state index < -0.39 is 6.61 Å². The molecule has 1 amide bonds. The molecule has 3 N–H and O–H groups in total. The van der Waals surface area contributed by atoms with Crippen molar-refractivity contribution in [3.8, 4) is 11.5 Å². The lowest BCUT2D eigenvalue weighted by molar-refractivity contribution is -0.126. The molecule has 0 heterocycles. The zero-order chi connectivity index (χ0) is 16.8. The highest BCUT2D eigenvalue weighted by Crippen LogP contribution is 2.32. The first kappa shape index (κ1) is 17.5. The van der Waals surface area contributed by atoms with E-state index in [1.54, 1.807) is 6.07 Å². The molecule has 2 rings (SSSR count). The molecule has 0 bridgehead atoms. The van der Waals surface area contributed by atoms with Crippen molar-refractivity contribution in [3.63, 3.8) is 0 Å². The van der Waals surface area contributed by atoms with Gasteiger partial charge in [0.05, 0.1) is 7.11 Å². The lowest BCUT2D eigenvalue weighted by Gasteiger charge is -2.18. The summed E-state index contributed by atoms with van der Waals surface area (Å²) in [4.78, 5) is 12.2. The smallest absolute Gasteiger partial charge is 0.387 e. The molecule has 1 aliphatic carbocycles. The highest BCUT2D eigenvalue weighted by Gasteiger charge is 2.31. The first-order valence-electron chi connectivity index (χ1n) is 7.64. The van der Waals surface area contributed by atoms with Crippen LogP contribution in [0.15, 0.2) is 18.2 Å². The van der Waals surface area contributed by atoms with Crippen molar-refractivity contribution in [2.75, 3.05) is 13.7 Å². The summed E-state index contributed by atoms with van der Waals surface area (Å²) in [5, 5.41) is 2.84. The zero-order valence-electron chi connectivity index (χ0n) is 13.1. The predicted molar refractivity (Wildman–Crippen MR) is 81.4 cm³/mol. The highest BCUT2D eigenvalue weighted by molar-refractivity contribution is 5.79. The van der Waals surface area contributed by atoms with Crippen LogP contribution in [0.2, 0.25) is 0 Å². The largest absolute Gasteiger partial charge is 0.493 e.